The molecule has 0 aromatic heterocycles. The minimum Gasteiger partial charge on any atom is -0.198 e. The first-order valence-corrected chi connectivity index (χ1v) is 1.67. The molecule has 1 radical (unpaired) electrons. The van der Waals surface area contributed by atoms with Gasteiger partial charge in [-0.2, -0.15) is 5.26 Å². The third-order valence-corrected chi connectivity index (χ3v) is 0.258. The van der Waals surface area contributed by atoms with Gasteiger partial charge in [-0.1, -0.05) is 0 Å². The van der Waals surface area contributed by atoms with Crippen LogP contribution in [0.1, 0.15) is 13.8 Å². The van der Waals surface area contributed by atoms with E-state index in [1.54, 1.807) is 0 Å². The molecule has 0 aromatic rings. The summed E-state index contributed by atoms with van der Waals surface area (Å²) in [6, 6.07) is 2.03. The van der Waals surface area contributed by atoms with Crippen LogP contribution in [0.25, 0.3) is 0 Å². The van der Waals surface area contributed by atoms with Gasteiger partial charge in [0, 0.05) is 24.8 Å². The van der Waals surface area contributed by atoms with Crippen LogP contribution in [-0.4, -0.2) is 18.9 Å². The molecule has 29 valence electrons. The quantitative estimate of drug-likeness (QED) is 0.391. The molecule has 0 spiro atoms. The minimum atomic E-state index is 0. The van der Waals surface area contributed by atoms with Crippen molar-refractivity contribution in [1.82, 2.24) is 0 Å². The summed E-state index contributed by atoms with van der Waals surface area (Å²) in [5.41, 5.74) is 0. The molecule has 0 saturated carbocycles. The van der Waals surface area contributed by atoms with E-state index in [9.17, 15) is 0 Å². The maximum Gasteiger partial charge on any atom is 0.0649 e. The Bertz CT molecular complexity index is 53.1. The first kappa shape index (κ1) is 9.43. The van der Waals surface area contributed by atoms with Gasteiger partial charge in [0.15, 0.2) is 0 Å². The van der Waals surface area contributed by atoms with E-state index in [0.717, 1.165) is 0 Å². The predicted octanol–water partition coefficient (Wildman–Crippen LogP) is 0.785. The summed E-state index contributed by atoms with van der Waals surface area (Å²) in [7, 11) is 0. The molecule has 0 amide bonds. The van der Waals surface area contributed by atoms with Crippen LogP contribution in [0.5, 0.6) is 0 Å². The van der Waals surface area contributed by atoms with Crippen molar-refractivity contribution < 1.29 is 0 Å². The van der Waals surface area contributed by atoms with Crippen LogP contribution >= 0.6 is 0 Å². The molecule has 0 rings (SSSR count). The molecule has 6 heavy (non-hydrogen) atoms. The molecule has 0 aromatic carbocycles. The van der Waals surface area contributed by atoms with Crippen LogP contribution in [0.3, 0.4) is 0 Å². The second-order valence-electron chi connectivity index (χ2n) is 1.28. The molecule has 0 atom stereocenters. The minimum absolute atomic E-state index is 0. The average molecular weight is 76.0 g/mol. The molecule has 1 nitrogen and oxygen atoms in total. The number of nitrogens with zero attached hydrogens (tertiary/aromatic N) is 1. The van der Waals surface area contributed by atoms with Gasteiger partial charge < -0.3 is 0 Å². The Balaban J connectivity index is 0. The zero-order valence-electron chi connectivity index (χ0n) is 4.52. The van der Waals surface area contributed by atoms with Crippen molar-refractivity contribution in [3.63, 3.8) is 0 Å². The van der Waals surface area contributed by atoms with E-state index < -0.39 is 0 Å². The van der Waals surface area contributed by atoms with Gasteiger partial charge in [-0.05, 0) is 13.8 Å². The van der Waals surface area contributed by atoms with Crippen LogP contribution in [0.4, 0.5) is 0 Å². The van der Waals surface area contributed by atoms with Crippen molar-refractivity contribution in [1.29, 1.82) is 5.26 Å². The van der Waals surface area contributed by atoms with Crippen molar-refractivity contribution in [3.05, 3.63) is 0 Å². The van der Waals surface area contributed by atoms with E-state index in [1.165, 1.54) is 0 Å². The number of hydrogen-bond acceptors (Lipinski definition) is 1. The van der Waals surface area contributed by atoms with E-state index in [4.69, 9.17) is 5.26 Å². The molecular weight excluding hydrogens is 69.0 g/mol. The van der Waals surface area contributed by atoms with Gasteiger partial charge in [0.05, 0.1) is 6.07 Å². The third kappa shape index (κ3) is 8.94. The van der Waals surface area contributed by atoms with Gasteiger partial charge in [-0.25, -0.2) is 0 Å². The summed E-state index contributed by atoms with van der Waals surface area (Å²) in [6.45, 7) is 3.72. The fourth-order valence-corrected chi connectivity index (χ4v) is 0. The zero-order valence-corrected chi connectivity index (χ0v) is 4.52. The van der Waals surface area contributed by atoms with Crippen LogP contribution in [0.15, 0.2) is 0 Å². The summed E-state index contributed by atoms with van der Waals surface area (Å²) >= 11 is 0. The Morgan fingerprint density at radius 1 is 1.50 bits per heavy atom. The summed E-state index contributed by atoms with van der Waals surface area (Å²) in [5, 5.41) is 7.89. The zero-order chi connectivity index (χ0) is 4.28. The van der Waals surface area contributed by atoms with E-state index in [0.29, 0.717) is 0 Å². The van der Waals surface area contributed by atoms with Crippen molar-refractivity contribution in [2.75, 3.05) is 0 Å². The molecule has 2 heteroatoms. The third-order valence-electron chi connectivity index (χ3n) is 0.258. The molecule has 0 aliphatic rings. The van der Waals surface area contributed by atoms with E-state index >= 15 is 0 Å². The standard InChI is InChI=1S/C4H7N.Li/c1-4(2)3-5;/h4H,1-2H3;. The number of rotatable bonds is 0. The van der Waals surface area contributed by atoms with Gasteiger partial charge in [0.1, 0.15) is 0 Å². The summed E-state index contributed by atoms with van der Waals surface area (Å²) in [5.74, 6) is 0.190. The van der Waals surface area contributed by atoms with Gasteiger partial charge >= 0.3 is 0 Å². The van der Waals surface area contributed by atoms with Gasteiger partial charge in [-0.3, -0.25) is 0 Å². The summed E-state index contributed by atoms with van der Waals surface area (Å²) < 4.78 is 0. The van der Waals surface area contributed by atoms with Crippen molar-refractivity contribution in [2.24, 2.45) is 5.92 Å². The van der Waals surface area contributed by atoms with E-state index in [1.807, 2.05) is 19.9 Å². The van der Waals surface area contributed by atoms with Crippen molar-refractivity contribution in [2.45, 2.75) is 13.8 Å². The normalized spacial score (nSPS) is 6.33. The van der Waals surface area contributed by atoms with Crippen LogP contribution in [-0.2, 0) is 0 Å². The molecule has 0 heterocycles. The largest absolute Gasteiger partial charge is 0.198 e. The van der Waals surface area contributed by atoms with Crippen LogP contribution < -0.4 is 0 Å². The smallest absolute Gasteiger partial charge is 0.0649 e. The fraction of sp³-hybridized carbons (Fsp3) is 0.750. The second kappa shape index (κ2) is 5.09. The average Bonchev–Trinajstić information content (AvgIpc) is 1.38. The first-order chi connectivity index (χ1) is 2.27. The SMILES string of the molecule is CC(C)C#N.[Li]. The molecule has 0 aliphatic carbocycles. The molecule has 0 aliphatic heterocycles. The van der Waals surface area contributed by atoms with E-state index in [-0.39, 0.29) is 24.8 Å². The van der Waals surface area contributed by atoms with Gasteiger partial charge in [-0.15, -0.1) is 0 Å². The fourth-order valence-electron chi connectivity index (χ4n) is 0. The van der Waals surface area contributed by atoms with Gasteiger partial charge in [0.2, 0.25) is 0 Å². The Hall–Kier alpha value is 0.0874. The number of nitriles is 1. The Labute approximate surface area is 50.5 Å². The monoisotopic (exact) mass is 76.1 g/mol. The van der Waals surface area contributed by atoms with Crippen LogP contribution in [0, 0.1) is 17.2 Å². The molecule has 0 fully saturated rings. The molecule has 0 saturated heterocycles. The molecule has 0 unspecified atom stereocenters. The Kier molecular flexibility index (Phi) is 8.00. The maximum atomic E-state index is 7.89. The Morgan fingerprint density at radius 3 is 1.67 bits per heavy atom. The maximum absolute atomic E-state index is 7.89. The Morgan fingerprint density at radius 2 is 1.67 bits per heavy atom. The molecular formula is C4H7LiN. The topological polar surface area (TPSA) is 23.8 Å². The van der Waals surface area contributed by atoms with Gasteiger partial charge in [0.25, 0.3) is 0 Å². The molecule has 0 N–H and O–H groups in total. The molecule has 0 bridgehead atoms. The van der Waals surface area contributed by atoms with Crippen molar-refractivity contribution in [3.8, 4) is 6.07 Å². The second-order valence-corrected chi connectivity index (χ2v) is 1.28. The predicted molar refractivity (Wildman–Crippen MR) is 26.2 cm³/mol. The van der Waals surface area contributed by atoms with E-state index in [2.05, 4.69) is 0 Å². The van der Waals surface area contributed by atoms with Crippen LogP contribution in [0.2, 0.25) is 0 Å². The number of hydrogen-bond donors (Lipinski definition) is 0. The summed E-state index contributed by atoms with van der Waals surface area (Å²) in [6.07, 6.45) is 0. The summed E-state index contributed by atoms with van der Waals surface area (Å²) in [4.78, 5) is 0. The van der Waals surface area contributed by atoms with Crippen molar-refractivity contribution >= 4 is 18.9 Å². The first-order valence-electron chi connectivity index (χ1n) is 1.67.